The van der Waals surface area contributed by atoms with Crippen LogP contribution < -0.4 is 10.6 Å². The molecule has 7 nitrogen and oxygen atoms in total. The Bertz CT molecular complexity index is 368. The molecule has 3 N–H and O–H groups in total. The van der Waals surface area contributed by atoms with Crippen molar-refractivity contribution in [2.45, 2.75) is 38.6 Å². The van der Waals surface area contributed by atoms with Crippen LogP contribution in [0.1, 0.15) is 33.1 Å². The van der Waals surface area contributed by atoms with Crippen LogP contribution in [0.15, 0.2) is 0 Å². The van der Waals surface area contributed by atoms with Crippen LogP contribution in [0.4, 0.5) is 4.79 Å². The van der Waals surface area contributed by atoms with Crippen molar-refractivity contribution in [3.05, 3.63) is 0 Å². The van der Waals surface area contributed by atoms with Crippen molar-refractivity contribution in [3.63, 3.8) is 0 Å². The van der Waals surface area contributed by atoms with Gasteiger partial charge in [0.05, 0.1) is 0 Å². The third-order valence-electron chi connectivity index (χ3n) is 2.96. The molecule has 1 fully saturated rings. The lowest BCUT2D eigenvalue weighted by atomic mass is 9.99. The average molecular weight is 271 g/mol. The molecule has 3 amide bonds. The lowest BCUT2D eigenvalue weighted by Crippen LogP contribution is -2.51. The first-order chi connectivity index (χ1) is 8.80. The Balaban J connectivity index is 2.52. The lowest BCUT2D eigenvalue weighted by Gasteiger charge is -2.29. The average Bonchev–Trinajstić information content (AvgIpc) is 2.51. The summed E-state index contributed by atoms with van der Waals surface area (Å²) in [6.07, 6.45) is 1.05. The molecule has 0 spiro atoms. The van der Waals surface area contributed by atoms with Gasteiger partial charge in [-0.2, -0.15) is 0 Å². The van der Waals surface area contributed by atoms with Crippen molar-refractivity contribution in [2.24, 2.45) is 0 Å². The van der Waals surface area contributed by atoms with Crippen LogP contribution in [0.5, 0.6) is 0 Å². The third-order valence-corrected chi connectivity index (χ3v) is 2.96. The molecular formula is C12H21N3O4. The number of nitrogens with one attached hydrogen (secondary N) is 2. The third kappa shape index (κ3) is 5.58. The van der Waals surface area contributed by atoms with Gasteiger partial charge >= 0.3 is 12.0 Å². The highest BCUT2D eigenvalue weighted by molar-refractivity contribution is 5.84. The molecule has 19 heavy (non-hydrogen) atoms. The monoisotopic (exact) mass is 271 g/mol. The van der Waals surface area contributed by atoms with Gasteiger partial charge in [-0.05, 0) is 26.7 Å². The Morgan fingerprint density at radius 2 is 2.16 bits per heavy atom. The number of carboxylic acid groups (broad SMARTS) is 1. The Morgan fingerprint density at radius 1 is 1.47 bits per heavy atom. The van der Waals surface area contributed by atoms with Gasteiger partial charge in [-0.25, -0.2) is 4.79 Å². The van der Waals surface area contributed by atoms with E-state index in [1.165, 1.54) is 4.90 Å². The van der Waals surface area contributed by atoms with E-state index < -0.39 is 11.5 Å². The molecule has 1 heterocycles. The Kier molecular flexibility index (Phi) is 5.14. The summed E-state index contributed by atoms with van der Waals surface area (Å²) >= 11 is 0. The summed E-state index contributed by atoms with van der Waals surface area (Å²) in [5.74, 6) is -1.06. The number of carboxylic acids is 1. The smallest absolute Gasteiger partial charge is 0.318 e. The standard InChI is InChI=1S/C12H21N3O4/c1-12(2,5-4-10(17)18)14-11(19)15-7-3-6-13-9(16)8-15/h3-8H2,1-2H3,(H,13,16)(H,14,19)(H,17,18). The molecule has 1 rings (SSSR count). The maximum Gasteiger partial charge on any atom is 0.318 e. The quantitative estimate of drug-likeness (QED) is 0.678. The summed E-state index contributed by atoms with van der Waals surface area (Å²) < 4.78 is 0. The van der Waals surface area contributed by atoms with Crippen LogP contribution in [0.2, 0.25) is 0 Å². The predicted octanol–water partition coefficient (Wildman–Crippen LogP) is 0.161. The zero-order chi connectivity index (χ0) is 14.5. The molecule has 0 aromatic carbocycles. The van der Waals surface area contributed by atoms with Gasteiger partial charge in [0.15, 0.2) is 0 Å². The first-order valence-electron chi connectivity index (χ1n) is 6.36. The molecule has 0 aromatic heterocycles. The zero-order valence-corrected chi connectivity index (χ0v) is 11.4. The number of urea groups is 1. The largest absolute Gasteiger partial charge is 0.481 e. The van der Waals surface area contributed by atoms with E-state index >= 15 is 0 Å². The minimum atomic E-state index is -0.892. The topological polar surface area (TPSA) is 98.7 Å². The molecule has 0 aromatic rings. The second-order valence-electron chi connectivity index (χ2n) is 5.33. The van der Waals surface area contributed by atoms with Crippen LogP contribution in [-0.2, 0) is 9.59 Å². The van der Waals surface area contributed by atoms with Crippen molar-refractivity contribution in [2.75, 3.05) is 19.6 Å². The van der Waals surface area contributed by atoms with Crippen LogP contribution in [0.3, 0.4) is 0 Å². The number of carbonyl (C=O) groups excluding carboxylic acids is 2. The van der Waals surface area contributed by atoms with E-state index in [4.69, 9.17) is 5.11 Å². The molecule has 1 aliphatic heterocycles. The summed E-state index contributed by atoms with van der Waals surface area (Å²) in [7, 11) is 0. The molecule has 0 atom stereocenters. The summed E-state index contributed by atoms with van der Waals surface area (Å²) in [5.41, 5.74) is -0.613. The minimum absolute atomic E-state index is 0.00618. The number of nitrogens with zero attached hydrogens (tertiary/aromatic N) is 1. The first-order valence-corrected chi connectivity index (χ1v) is 6.36. The first kappa shape index (κ1) is 15.3. The highest BCUT2D eigenvalue weighted by Crippen LogP contribution is 2.12. The number of aliphatic carboxylic acids is 1. The fraction of sp³-hybridized carbons (Fsp3) is 0.750. The molecule has 108 valence electrons. The van der Waals surface area contributed by atoms with E-state index in [0.29, 0.717) is 25.9 Å². The fourth-order valence-electron chi connectivity index (χ4n) is 1.83. The molecule has 0 bridgehead atoms. The van der Waals surface area contributed by atoms with Crippen molar-refractivity contribution in [1.82, 2.24) is 15.5 Å². The SMILES string of the molecule is CC(C)(CCC(=O)O)NC(=O)N1CCCNC(=O)C1. The maximum absolute atomic E-state index is 12.0. The predicted molar refractivity (Wildman–Crippen MR) is 68.7 cm³/mol. The van der Waals surface area contributed by atoms with Gasteiger partial charge in [-0.15, -0.1) is 0 Å². The summed E-state index contributed by atoms with van der Waals surface area (Å²) in [5, 5.41) is 14.1. The normalized spacial score (nSPS) is 16.5. The van der Waals surface area contributed by atoms with E-state index in [1.54, 1.807) is 13.8 Å². The summed E-state index contributed by atoms with van der Waals surface area (Å²) in [4.78, 5) is 35.4. The molecule has 1 saturated heterocycles. The van der Waals surface area contributed by atoms with Crippen LogP contribution in [-0.4, -0.2) is 53.1 Å². The lowest BCUT2D eigenvalue weighted by molar-refractivity contribution is -0.137. The van der Waals surface area contributed by atoms with Gasteiger partial charge in [0, 0.05) is 25.0 Å². The Morgan fingerprint density at radius 3 is 2.79 bits per heavy atom. The van der Waals surface area contributed by atoms with E-state index in [2.05, 4.69) is 10.6 Å². The maximum atomic E-state index is 12.0. The van der Waals surface area contributed by atoms with Crippen molar-refractivity contribution >= 4 is 17.9 Å². The van der Waals surface area contributed by atoms with Crippen LogP contribution in [0.25, 0.3) is 0 Å². The van der Waals surface area contributed by atoms with Gasteiger partial charge < -0.3 is 20.6 Å². The van der Waals surface area contributed by atoms with Crippen LogP contribution >= 0.6 is 0 Å². The number of hydrogen-bond acceptors (Lipinski definition) is 3. The number of hydrogen-bond donors (Lipinski definition) is 3. The number of amides is 3. The number of carbonyl (C=O) groups is 3. The summed E-state index contributed by atoms with van der Waals surface area (Å²) in [6, 6.07) is -0.326. The second kappa shape index (κ2) is 6.40. The molecule has 0 aliphatic carbocycles. The van der Waals surface area contributed by atoms with Crippen LogP contribution in [0, 0.1) is 0 Å². The molecule has 0 unspecified atom stereocenters. The molecule has 0 saturated carbocycles. The zero-order valence-electron chi connectivity index (χ0n) is 11.4. The van der Waals surface area contributed by atoms with Crippen molar-refractivity contribution in [3.8, 4) is 0 Å². The van der Waals surface area contributed by atoms with E-state index in [9.17, 15) is 14.4 Å². The molecule has 1 aliphatic rings. The number of rotatable bonds is 4. The summed E-state index contributed by atoms with van der Waals surface area (Å²) in [6.45, 7) is 4.67. The fourth-order valence-corrected chi connectivity index (χ4v) is 1.83. The van der Waals surface area contributed by atoms with Gasteiger partial charge in [0.1, 0.15) is 6.54 Å². The Hall–Kier alpha value is -1.79. The van der Waals surface area contributed by atoms with Gasteiger partial charge in [-0.1, -0.05) is 0 Å². The molecule has 7 heteroatoms. The molecular weight excluding hydrogens is 250 g/mol. The highest BCUT2D eigenvalue weighted by Gasteiger charge is 2.26. The van der Waals surface area contributed by atoms with Crippen molar-refractivity contribution < 1.29 is 19.5 Å². The van der Waals surface area contributed by atoms with E-state index in [-0.39, 0.29) is 24.9 Å². The molecule has 0 radical (unpaired) electrons. The van der Waals surface area contributed by atoms with E-state index in [0.717, 1.165) is 0 Å². The Labute approximate surface area is 112 Å². The van der Waals surface area contributed by atoms with Gasteiger partial charge in [0.25, 0.3) is 0 Å². The van der Waals surface area contributed by atoms with Gasteiger partial charge in [-0.3, -0.25) is 9.59 Å². The van der Waals surface area contributed by atoms with Crippen molar-refractivity contribution in [1.29, 1.82) is 0 Å². The van der Waals surface area contributed by atoms with E-state index in [1.807, 2.05) is 0 Å². The second-order valence-corrected chi connectivity index (χ2v) is 5.33. The highest BCUT2D eigenvalue weighted by atomic mass is 16.4. The van der Waals surface area contributed by atoms with Gasteiger partial charge in [0.2, 0.25) is 5.91 Å². The minimum Gasteiger partial charge on any atom is -0.481 e.